The summed E-state index contributed by atoms with van der Waals surface area (Å²) in [5, 5.41) is 15.1. The largest absolute Gasteiger partial charge is 0.392 e. The molecule has 7 heteroatoms. The molecule has 0 bridgehead atoms. The second kappa shape index (κ2) is 6.31. The molecule has 0 radical (unpaired) electrons. The van der Waals surface area contributed by atoms with Gasteiger partial charge >= 0.3 is 0 Å². The van der Waals surface area contributed by atoms with Crippen molar-refractivity contribution in [3.05, 3.63) is 11.8 Å². The summed E-state index contributed by atoms with van der Waals surface area (Å²) in [7, 11) is -3.65. The molecule has 0 fully saturated rings. The highest BCUT2D eigenvalue weighted by Crippen LogP contribution is 2.17. The number of aromatic amines is 1. The van der Waals surface area contributed by atoms with Gasteiger partial charge in [-0.2, -0.15) is 5.10 Å². The average Bonchev–Trinajstić information content (AvgIpc) is 2.78. The molecule has 0 saturated heterocycles. The molecule has 1 aromatic rings. The third-order valence-corrected chi connectivity index (χ3v) is 4.79. The lowest BCUT2D eigenvalue weighted by Crippen LogP contribution is -2.38. The SMILES string of the molecule is CCC(CC)C(C)NS(=O)(=O)c1[nH]ncc1CO. The summed E-state index contributed by atoms with van der Waals surface area (Å²) in [5.41, 5.74) is 0.277. The minimum absolute atomic E-state index is 0.0530. The highest BCUT2D eigenvalue weighted by atomic mass is 32.2. The molecule has 0 spiro atoms. The van der Waals surface area contributed by atoms with Gasteiger partial charge in [0.2, 0.25) is 0 Å². The first-order valence-corrected chi connectivity index (χ1v) is 7.60. The van der Waals surface area contributed by atoms with E-state index in [0.29, 0.717) is 5.92 Å². The van der Waals surface area contributed by atoms with E-state index in [9.17, 15) is 8.42 Å². The van der Waals surface area contributed by atoms with Crippen molar-refractivity contribution in [1.82, 2.24) is 14.9 Å². The fourth-order valence-corrected chi connectivity index (χ4v) is 3.48. The first-order chi connectivity index (χ1) is 8.46. The molecule has 0 aliphatic carbocycles. The van der Waals surface area contributed by atoms with E-state index in [-0.39, 0.29) is 23.2 Å². The zero-order valence-electron chi connectivity index (χ0n) is 11.0. The van der Waals surface area contributed by atoms with E-state index < -0.39 is 10.0 Å². The van der Waals surface area contributed by atoms with Gasteiger partial charge in [-0.3, -0.25) is 5.10 Å². The van der Waals surface area contributed by atoms with Gasteiger partial charge in [0.05, 0.1) is 12.8 Å². The molecule has 0 aromatic carbocycles. The molecule has 1 unspecified atom stereocenters. The van der Waals surface area contributed by atoms with Crippen LogP contribution >= 0.6 is 0 Å². The van der Waals surface area contributed by atoms with Gasteiger partial charge in [0, 0.05) is 11.6 Å². The molecule has 1 aromatic heterocycles. The Balaban J connectivity index is 2.89. The third kappa shape index (κ3) is 3.30. The van der Waals surface area contributed by atoms with Crippen LogP contribution in [0.3, 0.4) is 0 Å². The van der Waals surface area contributed by atoms with Crippen molar-refractivity contribution in [2.75, 3.05) is 0 Å². The maximum Gasteiger partial charge on any atom is 0.258 e. The van der Waals surface area contributed by atoms with Gasteiger partial charge in [-0.1, -0.05) is 26.7 Å². The van der Waals surface area contributed by atoms with Crippen molar-refractivity contribution >= 4 is 10.0 Å². The van der Waals surface area contributed by atoms with Crippen LogP contribution in [0.15, 0.2) is 11.2 Å². The average molecular weight is 275 g/mol. The fourth-order valence-electron chi connectivity index (χ4n) is 2.04. The van der Waals surface area contributed by atoms with Gasteiger partial charge < -0.3 is 5.11 Å². The monoisotopic (exact) mass is 275 g/mol. The zero-order valence-corrected chi connectivity index (χ0v) is 11.8. The summed E-state index contributed by atoms with van der Waals surface area (Å²) < 4.78 is 26.9. The first-order valence-electron chi connectivity index (χ1n) is 6.11. The van der Waals surface area contributed by atoms with Gasteiger partial charge in [-0.05, 0) is 12.8 Å². The quantitative estimate of drug-likeness (QED) is 0.692. The van der Waals surface area contributed by atoms with Crippen molar-refractivity contribution in [2.45, 2.75) is 51.3 Å². The first kappa shape index (κ1) is 15.1. The van der Waals surface area contributed by atoms with E-state index in [2.05, 4.69) is 14.9 Å². The molecule has 1 atom stereocenters. The van der Waals surface area contributed by atoms with Gasteiger partial charge in [0.15, 0.2) is 5.03 Å². The van der Waals surface area contributed by atoms with Crippen molar-refractivity contribution in [1.29, 1.82) is 0 Å². The summed E-state index contributed by atoms with van der Waals surface area (Å²) in [4.78, 5) is 0. The topological polar surface area (TPSA) is 95.1 Å². The number of nitrogens with one attached hydrogen (secondary N) is 2. The number of aliphatic hydroxyl groups excluding tert-OH is 1. The number of H-pyrrole nitrogens is 1. The van der Waals surface area contributed by atoms with E-state index in [1.165, 1.54) is 6.20 Å². The van der Waals surface area contributed by atoms with Gasteiger partial charge in [-0.25, -0.2) is 13.1 Å². The Morgan fingerprint density at radius 3 is 2.56 bits per heavy atom. The lowest BCUT2D eigenvalue weighted by molar-refractivity contribution is 0.278. The van der Waals surface area contributed by atoms with Crippen LogP contribution in [0.4, 0.5) is 0 Å². The summed E-state index contributed by atoms with van der Waals surface area (Å²) in [6.45, 7) is 5.57. The Morgan fingerprint density at radius 1 is 1.44 bits per heavy atom. The highest BCUT2D eigenvalue weighted by Gasteiger charge is 2.25. The van der Waals surface area contributed by atoms with Crippen LogP contribution in [0.25, 0.3) is 0 Å². The molecular formula is C11H21N3O3S. The number of aliphatic hydroxyl groups is 1. The molecule has 18 heavy (non-hydrogen) atoms. The molecule has 0 aliphatic rings. The van der Waals surface area contributed by atoms with Crippen molar-refractivity contribution in [2.24, 2.45) is 5.92 Å². The molecule has 6 nitrogen and oxygen atoms in total. The van der Waals surface area contributed by atoms with Crippen LogP contribution < -0.4 is 4.72 Å². The van der Waals surface area contributed by atoms with E-state index in [1.54, 1.807) is 0 Å². The summed E-state index contributed by atoms with van der Waals surface area (Å²) in [6.07, 6.45) is 3.14. The van der Waals surface area contributed by atoms with Crippen LogP contribution in [0.1, 0.15) is 39.2 Å². The fraction of sp³-hybridized carbons (Fsp3) is 0.727. The summed E-state index contributed by atoms with van der Waals surface area (Å²) in [6, 6.07) is -0.153. The lowest BCUT2D eigenvalue weighted by Gasteiger charge is -2.22. The second-order valence-corrected chi connectivity index (χ2v) is 6.02. The molecule has 0 aliphatic heterocycles. The maximum absolute atomic E-state index is 12.1. The van der Waals surface area contributed by atoms with Crippen molar-refractivity contribution in [3.8, 4) is 0 Å². The van der Waals surface area contributed by atoms with Crippen LogP contribution in [-0.4, -0.2) is 29.8 Å². The Kier molecular flexibility index (Phi) is 5.30. The molecule has 3 N–H and O–H groups in total. The lowest BCUT2D eigenvalue weighted by atomic mass is 9.96. The zero-order chi connectivity index (χ0) is 13.8. The standard InChI is InChI=1S/C11H21N3O3S/c1-4-9(5-2)8(3)14-18(16,17)11-10(7-15)6-12-13-11/h6,8-9,14-15H,4-5,7H2,1-3H3,(H,12,13). The third-order valence-electron chi connectivity index (χ3n) is 3.21. The number of sulfonamides is 1. The summed E-state index contributed by atoms with van der Waals surface area (Å²) >= 11 is 0. The number of rotatable bonds is 7. The Hall–Kier alpha value is -0.920. The second-order valence-electron chi connectivity index (χ2n) is 4.37. The maximum atomic E-state index is 12.1. The smallest absolute Gasteiger partial charge is 0.258 e. The number of hydrogen-bond acceptors (Lipinski definition) is 4. The molecule has 0 amide bonds. The summed E-state index contributed by atoms with van der Waals surface area (Å²) in [5.74, 6) is 0.292. The minimum atomic E-state index is -3.65. The van der Waals surface area contributed by atoms with Gasteiger partial charge in [0.25, 0.3) is 10.0 Å². The van der Waals surface area contributed by atoms with E-state index >= 15 is 0 Å². The molecule has 1 rings (SSSR count). The molecule has 1 heterocycles. The van der Waals surface area contributed by atoms with Crippen LogP contribution in [0, 0.1) is 5.92 Å². The normalized spacial score (nSPS) is 14.1. The molecular weight excluding hydrogens is 254 g/mol. The van der Waals surface area contributed by atoms with Crippen molar-refractivity contribution in [3.63, 3.8) is 0 Å². The van der Waals surface area contributed by atoms with Gasteiger partial charge in [-0.15, -0.1) is 0 Å². The van der Waals surface area contributed by atoms with Crippen molar-refractivity contribution < 1.29 is 13.5 Å². The number of aromatic nitrogens is 2. The van der Waals surface area contributed by atoms with E-state index in [1.807, 2.05) is 20.8 Å². The van der Waals surface area contributed by atoms with Gasteiger partial charge in [0.1, 0.15) is 0 Å². The highest BCUT2D eigenvalue weighted by molar-refractivity contribution is 7.89. The van der Waals surface area contributed by atoms with E-state index in [0.717, 1.165) is 12.8 Å². The molecule has 0 saturated carbocycles. The minimum Gasteiger partial charge on any atom is -0.392 e. The van der Waals surface area contributed by atoms with Crippen LogP contribution in [-0.2, 0) is 16.6 Å². The predicted molar refractivity (Wildman–Crippen MR) is 68.4 cm³/mol. The Morgan fingerprint density at radius 2 is 2.06 bits per heavy atom. The number of nitrogens with zero attached hydrogens (tertiary/aromatic N) is 1. The molecule has 104 valence electrons. The van der Waals surface area contributed by atoms with E-state index in [4.69, 9.17) is 5.11 Å². The van der Waals surface area contributed by atoms with Crippen LogP contribution in [0.5, 0.6) is 0 Å². The predicted octanol–water partition coefficient (Wildman–Crippen LogP) is 1.00. The Bertz CT molecular complexity index is 466. The number of hydrogen-bond donors (Lipinski definition) is 3. The Labute approximate surface area is 108 Å². The van der Waals surface area contributed by atoms with Crippen LogP contribution in [0.2, 0.25) is 0 Å².